The highest BCUT2D eigenvalue weighted by molar-refractivity contribution is 7.90. The van der Waals surface area contributed by atoms with Gasteiger partial charge in [0.05, 0.1) is 12.0 Å². The second kappa shape index (κ2) is 12.0. The van der Waals surface area contributed by atoms with Crippen molar-refractivity contribution in [3.05, 3.63) is 76.8 Å². The van der Waals surface area contributed by atoms with Crippen LogP contribution in [0.5, 0.6) is 17.2 Å². The molecule has 2 amide bonds. The van der Waals surface area contributed by atoms with Crippen LogP contribution in [0.4, 0.5) is 10.5 Å². The van der Waals surface area contributed by atoms with E-state index in [9.17, 15) is 23.3 Å². The minimum absolute atomic E-state index is 0.173. The SMILES string of the molecule is CCCCCNC(=O)NS(=O)(=O)c1cc([N+](=O)[O-])ccc1Oc1ccccc1-c1ccc(OC)cc1. The monoisotopic (exact) mass is 513 g/mol. The molecule has 0 aliphatic rings. The van der Waals surface area contributed by atoms with Crippen LogP contribution in [-0.4, -0.2) is 33.0 Å². The molecule has 10 nitrogen and oxygen atoms in total. The van der Waals surface area contributed by atoms with E-state index >= 15 is 0 Å². The van der Waals surface area contributed by atoms with Crippen LogP contribution in [0.3, 0.4) is 0 Å². The maximum atomic E-state index is 13.1. The van der Waals surface area contributed by atoms with Gasteiger partial charge in [-0.3, -0.25) is 10.1 Å². The minimum Gasteiger partial charge on any atom is -0.497 e. The van der Waals surface area contributed by atoms with Crippen LogP contribution in [-0.2, 0) is 10.0 Å². The Morgan fingerprint density at radius 1 is 1.00 bits per heavy atom. The highest BCUT2D eigenvalue weighted by Crippen LogP contribution is 2.37. The normalized spacial score (nSPS) is 10.9. The van der Waals surface area contributed by atoms with Crippen LogP contribution in [0.2, 0.25) is 0 Å². The molecule has 0 radical (unpaired) electrons. The van der Waals surface area contributed by atoms with Crippen molar-refractivity contribution >= 4 is 21.7 Å². The molecule has 0 spiro atoms. The fraction of sp³-hybridized carbons (Fsp3) is 0.240. The molecule has 2 N–H and O–H groups in total. The van der Waals surface area contributed by atoms with E-state index in [1.165, 1.54) is 6.07 Å². The number of ether oxygens (including phenoxy) is 2. The summed E-state index contributed by atoms with van der Waals surface area (Å²) in [5, 5.41) is 13.8. The Morgan fingerprint density at radius 2 is 1.72 bits per heavy atom. The minimum atomic E-state index is -4.50. The second-order valence-corrected chi connectivity index (χ2v) is 9.43. The van der Waals surface area contributed by atoms with Crippen molar-refractivity contribution in [3.8, 4) is 28.4 Å². The van der Waals surface area contributed by atoms with Crippen molar-refractivity contribution in [2.45, 2.75) is 31.1 Å². The Morgan fingerprint density at radius 3 is 2.39 bits per heavy atom. The van der Waals surface area contributed by atoms with Gasteiger partial charge in [-0.05, 0) is 36.2 Å². The maximum Gasteiger partial charge on any atom is 0.328 e. The highest BCUT2D eigenvalue weighted by atomic mass is 32.2. The van der Waals surface area contributed by atoms with Crippen molar-refractivity contribution in [3.63, 3.8) is 0 Å². The number of hydrogen-bond donors (Lipinski definition) is 2. The number of unbranched alkanes of at least 4 members (excludes halogenated alkanes) is 2. The van der Waals surface area contributed by atoms with E-state index in [1.807, 2.05) is 23.8 Å². The van der Waals surface area contributed by atoms with E-state index in [0.29, 0.717) is 30.0 Å². The number of nitro groups is 1. The van der Waals surface area contributed by atoms with Crippen LogP contribution in [0.25, 0.3) is 11.1 Å². The van der Waals surface area contributed by atoms with Gasteiger partial charge in [-0.15, -0.1) is 0 Å². The lowest BCUT2D eigenvalue weighted by Gasteiger charge is -2.15. The molecule has 190 valence electrons. The van der Waals surface area contributed by atoms with Gasteiger partial charge in [-0.1, -0.05) is 50.1 Å². The summed E-state index contributed by atoms with van der Waals surface area (Å²) in [5.41, 5.74) is 0.972. The number of amides is 2. The van der Waals surface area contributed by atoms with Crippen molar-refractivity contribution in [1.29, 1.82) is 0 Å². The molecule has 0 aliphatic carbocycles. The van der Waals surface area contributed by atoms with Gasteiger partial charge in [0.2, 0.25) is 0 Å². The summed E-state index contributed by atoms with van der Waals surface area (Å²) in [4.78, 5) is 22.3. The predicted octanol–water partition coefficient (Wildman–Crippen LogP) is 5.24. The van der Waals surface area contributed by atoms with E-state index < -0.39 is 31.6 Å². The molecule has 0 unspecified atom stereocenters. The summed E-state index contributed by atoms with van der Waals surface area (Å²) >= 11 is 0. The number of benzene rings is 3. The molecule has 3 aromatic rings. The Bertz CT molecular complexity index is 1330. The zero-order valence-electron chi connectivity index (χ0n) is 19.9. The third-order valence-electron chi connectivity index (χ3n) is 5.23. The molecule has 3 aromatic carbocycles. The van der Waals surface area contributed by atoms with Crippen molar-refractivity contribution in [1.82, 2.24) is 10.0 Å². The smallest absolute Gasteiger partial charge is 0.328 e. The molecule has 0 heterocycles. The predicted molar refractivity (Wildman–Crippen MR) is 135 cm³/mol. The largest absolute Gasteiger partial charge is 0.497 e. The second-order valence-electron chi connectivity index (χ2n) is 7.78. The number of para-hydroxylation sites is 1. The van der Waals surface area contributed by atoms with Gasteiger partial charge in [-0.25, -0.2) is 17.9 Å². The number of methoxy groups -OCH3 is 1. The van der Waals surface area contributed by atoms with Gasteiger partial charge >= 0.3 is 6.03 Å². The maximum absolute atomic E-state index is 13.1. The fourth-order valence-corrected chi connectivity index (χ4v) is 4.45. The van der Waals surface area contributed by atoms with Crippen LogP contribution in [0.1, 0.15) is 26.2 Å². The van der Waals surface area contributed by atoms with Crippen LogP contribution in [0.15, 0.2) is 71.6 Å². The third kappa shape index (κ3) is 6.72. The quantitative estimate of drug-likeness (QED) is 0.203. The lowest BCUT2D eigenvalue weighted by Crippen LogP contribution is -2.39. The van der Waals surface area contributed by atoms with Crippen LogP contribution < -0.4 is 19.5 Å². The number of nitro benzene ring substituents is 1. The topological polar surface area (TPSA) is 137 Å². The third-order valence-corrected chi connectivity index (χ3v) is 6.58. The lowest BCUT2D eigenvalue weighted by molar-refractivity contribution is -0.385. The standard InChI is InChI=1S/C25H27N3O7S/c1-3-4-7-16-26-25(29)27-36(32,33)24-17-19(28(30)31)12-15-23(24)35-22-9-6-5-8-21(22)18-10-13-20(34-2)14-11-18/h5-6,8-15,17H,3-4,7,16H2,1-2H3,(H2,26,27,29). The first kappa shape index (κ1) is 26.5. The molecule has 0 bridgehead atoms. The van der Waals surface area contributed by atoms with Gasteiger partial charge in [0, 0.05) is 24.2 Å². The molecule has 0 fully saturated rings. The van der Waals surface area contributed by atoms with Crippen molar-refractivity contribution in [2.75, 3.05) is 13.7 Å². The summed E-state index contributed by atoms with van der Waals surface area (Å²) < 4.78 is 39.2. The van der Waals surface area contributed by atoms with Crippen LogP contribution in [0, 0.1) is 10.1 Å². The van der Waals surface area contributed by atoms with E-state index in [-0.39, 0.29) is 5.75 Å². The average Bonchev–Trinajstić information content (AvgIpc) is 2.87. The molecular weight excluding hydrogens is 486 g/mol. The summed E-state index contributed by atoms with van der Waals surface area (Å²) in [6.07, 6.45) is 2.51. The molecule has 36 heavy (non-hydrogen) atoms. The first-order chi connectivity index (χ1) is 17.2. The summed E-state index contributed by atoms with van der Waals surface area (Å²) in [7, 11) is -2.95. The molecule has 11 heteroatoms. The van der Waals surface area contributed by atoms with Gasteiger partial charge in [-0.2, -0.15) is 0 Å². The van der Waals surface area contributed by atoms with Crippen molar-refractivity contribution in [2.24, 2.45) is 0 Å². The molecule has 0 saturated carbocycles. The number of carbonyl (C=O) groups is 1. The van der Waals surface area contributed by atoms with Gasteiger partial charge in [0.15, 0.2) is 0 Å². The van der Waals surface area contributed by atoms with E-state index in [0.717, 1.165) is 30.5 Å². The zero-order valence-corrected chi connectivity index (χ0v) is 20.7. The lowest BCUT2D eigenvalue weighted by atomic mass is 10.0. The average molecular weight is 514 g/mol. The Kier molecular flexibility index (Phi) is 8.85. The fourth-order valence-electron chi connectivity index (χ4n) is 3.38. The summed E-state index contributed by atoms with van der Waals surface area (Å²) in [5.74, 6) is 0.810. The van der Waals surface area contributed by atoms with Gasteiger partial charge in [0.25, 0.3) is 15.7 Å². The Labute approximate surface area is 209 Å². The first-order valence-electron chi connectivity index (χ1n) is 11.3. The number of non-ortho nitro benzene ring substituents is 1. The van der Waals surface area contributed by atoms with Gasteiger partial charge in [0.1, 0.15) is 22.1 Å². The van der Waals surface area contributed by atoms with Crippen LogP contribution >= 0.6 is 0 Å². The molecule has 0 aliphatic heterocycles. The number of carbonyl (C=O) groups excluding carboxylic acids is 1. The molecular formula is C25H27N3O7S. The zero-order chi connectivity index (χ0) is 26.1. The van der Waals surface area contributed by atoms with E-state index in [4.69, 9.17) is 9.47 Å². The number of nitrogens with one attached hydrogen (secondary N) is 2. The number of sulfonamides is 1. The van der Waals surface area contributed by atoms with Gasteiger partial charge < -0.3 is 14.8 Å². The molecule has 0 atom stereocenters. The summed E-state index contributed by atoms with van der Waals surface area (Å²) in [6, 6.07) is 16.4. The number of hydrogen-bond acceptors (Lipinski definition) is 7. The number of rotatable bonds is 11. The summed E-state index contributed by atoms with van der Waals surface area (Å²) in [6.45, 7) is 2.30. The van der Waals surface area contributed by atoms with E-state index in [2.05, 4.69) is 5.32 Å². The number of nitrogens with zero attached hydrogens (tertiary/aromatic N) is 1. The van der Waals surface area contributed by atoms with E-state index in [1.54, 1.807) is 43.5 Å². The first-order valence-corrected chi connectivity index (χ1v) is 12.7. The Hall–Kier alpha value is -4.12. The molecule has 0 saturated heterocycles. The number of urea groups is 1. The van der Waals surface area contributed by atoms with Crippen molar-refractivity contribution < 1.29 is 27.6 Å². The highest BCUT2D eigenvalue weighted by Gasteiger charge is 2.26. The Balaban J connectivity index is 1.95. The molecule has 3 rings (SSSR count). The molecule has 0 aromatic heterocycles.